The molecule has 100 valence electrons. The molecule has 8 heteroatoms. The average Bonchev–Trinajstić information content (AvgIpc) is 3.00. The van der Waals surface area contributed by atoms with Gasteiger partial charge in [0.15, 0.2) is 5.75 Å². The van der Waals surface area contributed by atoms with Crippen molar-refractivity contribution in [1.29, 1.82) is 0 Å². The van der Waals surface area contributed by atoms with E-state index < -0.39 is 0 Å². The maximum absolute atomic E-state index is 5.91. The van der Waals surface area contributed by atoms with Gasteiger partial charge in [-0.05, 0) is 24.4 Å². The molecule has 1 aliphatic heterocycles. The van der Waals surface area contributed by atoms with Gasteiger partial charge in [0, 0.05) is 20.1 Å². The van der Waals surface area contributed by atoms with E-state index in [4.69, 9.17) is 16.3 Å². The topological polar surface area (TPSA) is 69.0 Å². The van der Waals surface area contributed by atoms with E-state index in [-0.39, 0.29) is 11.3 Å². The maximum atomic E-state index is 5.91. The molecule has 0 radical (unpaired) electrons. The third-order valence-electron chi connectivity index (χ3n) is 2.86. The summed E-state index contributed by atoms with van der Waals surface area (Å²) in [6.07, 6.45) is 5.60. The second-order valence-corrected chi connectivity index (χ2v) is 4.67. The van der Waals surface area contributed by atoms with Crippen molar-refractivity contribution < 1.29 is 4.74 Å². The van der Waals surface area contributed by atoms with E-state index in [1.165, 1.54) is 0 Å². The first-order valence-corrected chi connectivity index (χ1v) is 6.41. The summed E-state index contributed by atoms with van der Waals surface area (Å²) < 4.78 is 7.16. The molecule has 2 aromatic heterocycles. The van der Waals surface area contributed by atoms with Crippen molar-refractivity contribution in [2.45, 2.75) is 12.8 Å². The molecule has 7 nitrogen and oxygen atoms in total. The lowest BCUT2D eigenvalue weighted by Crippen LogP contribution is -2.21. The van der Waals surface area contributed by atoms with Crippen LogP contribution in [0.1, 0.15) is 12.8 Å². The highest BCUT2D eigenvalue weighted by Gasteiger charge is 2.17. The fraction of sp³-hybridized carbons (Fsp3) is 0.455. The second-order valence-electron chi connectivity index (χ2n) is 4.33. The molecule has 3 heterocycles. The van der Waals surface area contributed by atoms with Crippen molar-refractivity contribution in [3.63, 3.8) is 0 Å². The molecule has 0 aliphatic carbocycles. The number of anilines is 1. The van der Waals surface area contributed by atoms with Crippen LogP contribution in [0.15, 0.2) is 12.4 Å². The van der Waals surface area contributed by atoms with Crippen molar-refractivity contribution in [3.05, 3.63) is 17.7 Å². The minimum absolute atomic E-state index is 0.135. The first kappa shape index (κ1) is 12.2. The van der Waals surface area contributed by atoms with Crippen LogP contribution in [0.5, 0.6) is 11.8 Å². The van der Waals surface area contributed by atoms with Crippen LogP contribution in [0.4, 0.5) is 5.95 Å². The van der Waals surface area contributed by atoms with Crippen LogP contribution in [0.2, 0.25) is 5.28 Å². The second kappa shape index (κ2) is 5.00. The van der Waals surface area contributed by atoms with Gasteiger partial charge in [-0.2, -0.15) is 20.1 Å². The summed E-state index contributed by atoms with van der Waals surface area (Å²) in [5, 5.41) is 4.15. The van der Waals surface area contributed by atoms with E-state index in [1.807, 2.05) is 7.05 Å². The number of rotatable bonds is 3. The fourth-order valence-corrected chi connectivity index (χ4v) is 2.13. The number of nitrogens with zero attached hydrogens (tertiary/aromatic N) is 6. The lowest BCUT2D eigenvalue weighted by molar-refractivity contribution is 0.439. The molecule has 0 bridgehead atoms. The highest BCUT2D eigenvalue weighted by atomic mass is 35.5. The zero-order valence-electron chi connectivity index (χ0n) is 10.5. The molecule has 0 atom stereocenters. The minimum atomic E-state index is 0.135. The lowest BCUT2D eigenvalue weighted by Gasteiger charge is -2.15. The van der Waals surface area contributed by atoms with E-state index in [2.05, 4.69) is 25.0 Å². The Kier molecular flexibility index (Phi) is 3.20. The van der Waals surface area contributed by atoms with Crippen molar-refractivity contribution >= 4 is 17.5 Å². The van der Waals surface area contributed by atoms with Crippen LogP contribution >= 0.6 is 11.6 Å². The van der Waals surface area contributed by atoms with Crippen LogP contribution in [-0.4, -0.2) is 37.8 Å². The van der Waals surface area contributed by atoms with E-state index in [0.717, 1.165) is 25.9 Å². The third kappa shape index (κ3) is 2.76. The van der Waals surface area contributed by atoms with Gasteiger partial charge >= 0.3 is 6.01 Å². The van der Waals surface area contributed by atoms with E-state index in [0.29, 0.717) is 11.7 Å². The van der Waals surface area contributed by atoms with Gasteiger partial charge < -0.3 is 9.64 Å². The Labute approximate surface area is 115 Å². The molecule has 0 spiro atoms. The van der Waals surface area contributed by atoms with Crippen LogP contribution in [0.3, 0.4) is 0 Å². The average molecular weight is 281 g/mol. The highest BCUT2D eigenvalue weighted by molar-refractivity contribution is 6.28. The van der Waals surface area contributed by atoms with Crippen molar-refractivity contribution in [2.24, 2.45) is 7.05 Å². The minimum Gasteiger partial charge on any atom is -0.421 e. The zero-order valence-corrected chi connectivity index (χ0v) is 11.2. The van der Waals surface area contributed by atoms with Gasteiger partial charge in [-0.25, -0.2) is 0 Å². The molecule has 0 unspecified atom stereocenters. The Morgan fingerprint density at radius 3 is 2.68 bits per heavy atom. The summed E-state index contributed by atoms with van der Waals surface area (Å²) in [6.45, 7) is 1.87. The Bertz CT molecular complexity index is 580. The van der Waals surface area contributed by atoms with Crippen molar-refractivity contribution in [2.75, 3.05) is 18.0 Å². The fourth-order valence-electron chi connectivity index (χ4n) is 1.98. The van der Waals surface area contributed by atoms with Crippen LogP contribution < -0.4 is 9.64 Å². The van der Waals surface area contributed by atoms with E-state index in [1.54, 1.807) is 17.1 Å². The molecule has 19 heavy (non-hydrogen) atoms. The molecule has 1 fully saturated rings. The smallest absolute Gasteiger partial charge is 0.328 e. The number of hydrogen-bond acceptors (Lipinski definition) is 6. The lowest BCUT2D eigenvalue weighted by atomic mass is 10.4. The van der Waals surface area contributed by atoms with Crippen LogP contribution in [0.25, 0.3) is 0 Å². The van der Waals surface area contributed by atoms with E-state index in [9.17, 15) is 0 Å². The molecule has 0 saturated carbocycles. The molecule has 1 aliphatic rings. The summed E-state index contributed by atoms with van der Waals surface area (Å²) in [6, 6.07) is 0.190. The molecule has 1 saturated heterocycles. The molecular weight excluding hydrogens is 268 g/mol. The first-order valence-electron chi connectivity index (χ1n) is 6.04. The van der Waals surface area contributed by atoms with Gasteiger partial charge in [0.1, 0.15) is 0 Å². The van der Waals surface area contributed by atoms with Gasteiger partial charge in [-0.3, -0.25) is 4.68 Å². The Morgan fingerprint density at radius 2 is 2.00 bits per heavy atom. The predicted molar refractivity (Wildman–Crippen MR) is 69.6 cm³/mol. The Morgan fingerprint density at radius 1 is 1.21 bits per heavy atom. The molecule has 3 rings (SSSR count). The number of aryl methyl sites for hydroxylation is 1. The van der Waals surface area contributed by atoms with Gasteiger partial charge in [0.05, 0.1) is 12.4 Å². The standard InChI is InChI=1S/C11H13ClN6O/c1-17-7-8(6-13-17)19-11-15-9(12)14-10(16-11)18-4-2-3-5-18/h6-7H,2-5H2,1H3. The maximum Gasteiger partial charge on any atom is 0.328 e. The number of halogens is 1. The SMILES string of the molecule is Cn1cc(Oc2nc(Cl)nc(N3CCCC3)n2)cn1. The van der Waals surface area contributed by atoms with Gasteiger partial charge in [-0.15, -0.1) is 0 Å². The summed E-state index contributed by atoms with van der Waals surface area (Å²) in [4.78, 5) is 14.5. The number of hydrogen-bond donors (Lipinski definition) is 0. The largest absolute Gasteiger partial charge is 0.421 e. The summed E-state index contributed by atoms with van der Waals surface area (Å²) >= 11 is 5.91. The van der Waals surface area contributed by atoms with Gasteiger partial charge in [0.2, 0.25) is 11.2 Å². The molecule has 0 aromatic carbocycles. The summed E-state index contributed by atoms with van der Waals surface area (Å²) in [5.74, 6) is 1.13. The number of aromatic nitrogens is 5. The van der Waals surface area contributed by atoms with Gasteiger partial charge in [0.25, 0.3) is 0 Å². The van der Waals surface area contributed by atoms with Crippen LogP contribution in [0, 0.1) is 0 Å². The monoisotopic (exact) mass is 280 g/mol. The molecule has 2 aromatic rings. The highest BCUT2D eigenvalue weighted by Crippen LogP contribution is 2.22. The normalized spacial score (nSPS) is 14.9. The number of ether oxygens (including phenoxy) is 1. The summed E-state index contributed by atoms with van der Waals surface area (Å²) in [7, 11) is 1.81. The predicted octanol–water partition coefficient (Wildman–Crippen LogP) is 1.65. The molecule has 0 N–H and O–H groups in total. The molecular formula is C11H13ClN6O. The van der Waals surface area contributed by atoms with Gasteiger partial charge in [-0.1, -0.05) is 0 Å². The molecule has 0 amide bonds. The summed E-state index contributed by atoms with van der Waals surface area (Å²) in [5.41, 5.74) is 0. The Balaban J connectivity index is 1.84. The van der Waals surface area contributed by atoms with Crippen LogP contribution in [-0.2, 0) is 7.05 Å². The zero-order chi connectivity index (χ0) is 13.2. The quantitative estimate of drug-likeness (QED) is 0.851. The first-order chi connectivity index (χ1) is 9.20. The van der Waals surface area contributed by atoms with E-state index >= 15 is 0 Å². The third-order valence-corrected chi connectivity index (χ3v) is 3.02. The van der Waals surface area contributed by atoms with Crippen molar-refractivity contribution in [3.8, 4) is 11.8 Å². The van der Waals surface area contributed by atoms with Crippen molar-refractivity contribution in [1.82, 2.24) is 24.7 Å². The Hall–Kier alpha value is -1.89.